The van der Waals surface area contributed by atoms with Crippen molar-refractivity contribution in [3.63, 3.8) is 0 Å². The third-order valence-electron chi connectivity index (χ3n) is 8.91. The van der Waals surface area contributed by atoms with Crippen LogP contribution in [0, 0.1) is 35.5 Å². The predicted octanol–water partition coefficient (Wildman–Crippen LogP) is 4.93. The first kappa shape index (κ1) is 19.3. The van der Waals surface area contributed by atoms with Crippen LogP contribution in [-0.2, 0) is 9.59 Å². The molecule has 1 aliphatic heterocycles. The van der Waals surface area contributed by atoms with E-state index < -0.39 is 0 Å². The van der Waals surface area contributed by atoms with E-state index in [0.29, 0.717) is 17.5 Å². The summed E-state index contributed by atoms with van der Waals surface area (Å²) in [7, 11) is 4.09. The van der Waals surface area contributed by atoms with Gasteiger partial charge >= 0.3 is 0 Å². The van der Waals surface area contributed by atoms with Gasteiger partial charge in [0.1, 0.15) is 0 Å². The second kappa shape index (κ2) is 6.69. The van der Waals surface area contributed by atoms with E-state index in [1.165, 1.54) is 41.0 Å². The molecule has 2 saturated carbocycles. The number of hydrogen-bond acceptors (Lipinski definition) is 3. The van der Waals surface area contributed by atoms with E-state index in [0.717, 1.165) is 0 Å². The average molecular weight is 437 g/mol. The summed E-state index contributed by atoms with van der Waals surface area (Å²) in [5.41, 5.74) is 7.48. The van der Waals surface area contributed by atoms with Gasteiger partial charge in [-0.05, 0) is 60.9 Å². The van der Waals surface area contributed by atoms with Crippen LogP contribution in [0.15, 0.2) is 71.3 Å². The highest BCUT2D eigenvalue weighted by Gasteiger charge is 2.69. The van der Waals surface area contributed by atoms with Crippen molar-refractivity contribution in [2.24, 2.45) is 35.5 Å². The van der Waals surface area contributed by atoms with Gasteiger partial charge in [0.05, 0.1) is 17.5 Å². The molecular formula is C29H28N2O2. The van der Waals surface area contributed by atoms with E-state index >= 15 is 0 Å². The molecule has 1 heterocycles. The molecular weight excluding hydrogens is 408 g/mol. The number of fused-ring (bicyclic) bond motifs is 11. The Morgan fingerprint density at radius 3 is 1.94 bits per heavy atom. The van der Waals surface area contributed by atoms with Gasteiger partial charge in [0.15, 0.2) is 0 Å². The fourth-order valence-electron chi connectivity index (χ4n) is 7.73. The molecule has 166 valence electrons. The summed E-state index contributed by atoms with van der Waals surface area (Å²) in [5.74, 6) is 1.02. The van der Waals surface area contributed by atoms with Crippen LogP contribution in [0.25, 0.3) is 6.08 Å². The standard InChI is InChI=1S/C29H28N2O2/c1-30(2)19-12-8-16(9-13-19)14-21-24-22-17-10-11-18(15-17)23(22)25(21)27-26(24)28(32)31(29(27)33)20-6-4-3-5-7-20/h3-9,12-14,17-18,24-27H,10-11,15H2,1-2H3. The summed E-state index contributed by atoms with van der Waals surface area (Å²) in [4.78, 5) is 31.1. The summed E-state index contributed by atoms with van der Waals surface area (Å²) in [6.45, 7) is 0. The van der Waals surface area contributed by atoms with Crippen LogP contribution in [0.3, 0.4) is 0 Å². The molecule has 5 aliphatic rings. The Labute approximate surface area is 194 Å². The molecule has 4 nitrogen and oxygen atoms in total. The normalized spacial score (nSPS) is 33.3. The summed E-state index contributed by atoms with van der Waals surface area (Å²) in [5, 5.41) is 0. The van der Waals surface area contributed by atoms with Crippen LogP contribution >= 0.6 is 0 Å². The van der Waals surface area contributed by atoms with E-state index in [2.05, 4.69) is 35.2 Å². The second-order valence-corrected chi connectivity index (χ2v) is 10.6. The Morgan fingerprint density at radius 2 is 1.39 bits per heavy atom. The monoisotopic (exact) mass is 436 g/mol. The number of amides is 2. The molecule has 0 spiro atoms. The van der Waals surface area contributed by atoms with Crippen LogP contribution in [0.1, 0.15) is 24.8 Å². The third-order valence-corrected chi connectivity index (χ3v) is 8.91. The molecule has 2 aromatic rings. The van der Waals surface area contributed by atoms with Gasteiger partial charge in [0.25, 0.3) is 0 Å². The lowest BCUT2D eigenvalue weighted by Gasteiger charge is -2.28. The molecule has 2 amide bonds. The Balaban J connectivity index is 1.33. The highest BCUT2D eigenvalue weighted by Crippen LogP contribution is 2.70. The average Bonchev–Trinajstić information content (AvgIpc) is 3.61. The van der Waals surface area contributed by atoms with Crippen LogP contribution in [0.4, 0.5) is 11.4 Å². The lowest BCUT2D eigenvalue weighted by molar-refractivity contribution is -0.123. The maximum Gasteiger partial charge on any atom is 0.238 e. The minimum atomic E-state index is -0.229. The van der Waals surface area contributed by atoms with Crippen molar-refractivity contribution in [3.8, 4) is 0 Å². The van der Waals surface area contributed by atoms with Crippen LogP contribution in [0.2, 0.25) is 0 Å². The molecule has 6 unspecified atom stereocenters. The number of hydrogen-bond donors (Lipinski definition) is 0. The molecule has 4 bridgehead atoms. The minimum Gasteiger partial charge on any atom is -0.378 e. The number of rotatable bonds is 3. The zero-order valence-electron chi connectivity index (χ0n) is 19.1. The fraction of sp³-hybridized carbons (Fsp3) is 0.379. The van der Waals surface area contributed by atoms with Gasteiger partial charge < -0.3 is 4.90 Å². The SMILES string of the molecule is CN(C)c1ccc(C=C2C3C4=C(C5CCC4C5)C2C2C(=O)N(c4ccccc4)C(=O)C32)cc1. The fourth-order valence-corrected chi connectivity index (χ4v) is 7.73. The van der Waals surface area contributed by atoms with E-state index in [4.69, 9.17) is 0 Å². The number of carbonyl (C=O) groups excluding carboxylic acids is 2. The number of anilines is 2. The largest absolute Gasteiger partial charge is 0.378 e. The van der Waals surface area contributed by atoms with E-state index in [1.807, 2.05) is 44.4 Å². The van der Waals surface area contributed by atoms with E-state index in [9.17, 15) is 9.59 Å². The molecule has 0 radical (unpaired) electrons. The molecule has 0 aromatic heterocycles. The third kappa shape index (κ3) is 2.47. The smallest absolute Gasteiger partial charge is 0.238 e. The highest BCUT2D eigenvalue weighted by molar-refractivity contribution is 6.23. The summed E-state index contributed by atoms with van der Waals surface area (Å²) in [6, 6.07) is 18.1. The van der Waals surface area contributed by atoms with Crippen LogP contribution in [-0.4, -0.2) is 25.9 Å². The first-order valence-electron chi connectivity index (χ1n) is 12.2. The number of imide groups is 1. The number of benzene rings is 2. The molecule has 4 aliphatic carbocycles. The molecule has 0 N–H and O–H groups in total. The lowest BCUT2D eigenvalue weighted by Crippen LogP contribution is -2.33. The topological polar surface area (TPSA) is 40.6 Å². The van der Waals surface area contributed by atoms with E-state index in [-0.39, 0.29) is 35.5 Å². The van der Waals surface area contributed by atoms with Gasteiger partial charge in [0.2, 0.25) is 11.8 Å². The van der Waals surface area contributed by atoms with Crippen LogP contribution < -0.4 is 9.80 Å². The Morgan fingerprint density at radius 1 is 0.818 bits per heavy atom. The van der Waals surface area contributed by atoms with Gasteiger partial charge in [-0.3, -0.25) is 9.59 Å². The zero-order chi connectivity index (χ0) is 22.4. The van der Waals surface area contributed by atoms with Crippen molar-refractivity contribution in [2.75, 3.05) is 23.9 Å². The van der Waals surface area contributed by atoms with Crippen molar-refractivity contribution < 1.29 is 9.59 Å². The maximum atomic E-state index is 13.7. The summed E-state index contributed by atoms with van der Waals surface area (Å²) < 4.78 is 0. The minimum absolute atomic E-state index is 0.00637. The molecule has 7 rings (SSSR count). The molecule has 4 heteroatoms. The predicted molar refractivity (Wildman–Crippen MR) is 129 cm³/mol. The van der Waals surface area contributed by atoms with Gasteiger partial charge in [-0.2, -0.15) is 0 Å². The first-order valence-corrected chi connectivity index (χ1v) is 12.2. The van der Waals surface area contributed by atoms with Gasteiger partial charge in [-0.25, -0.2) is 4.90 Å². The van der Waals surface area contributed by atoms with Crippen molar-refractivity contribution in [3.05, 3.63) is 76.9 Å². The molecule has 2 aromatic carbocycles. The van der Waals surface area contributed by atoms with Crippen molar-refractivity contribution in [1.29, 1.82) is 0 Å². The van der Waals surface area contributed by atoms with Crippen molar-refractivity contribution in [2.45, 2.75) is 19.3 Å². The number of nitrogens with zero attached hydrogens (tertiary/aromatic N) is 2. The zero-order valence-corrected chi connectivity index (χ0v) is 19.1. The van der Waals surface area contributed by atoms with Gasteiger partial charge in [-0.1, -0.05) is 53.1 Å². The number of allylic oxidation sites excluding steroid dienone is 3. The molecule has 33 heavy (non-hydrogen) atoms. The number of para-hydroxylation sites is 1. The quantitative estimate of drug-likeness (QED) is 0.389. The number of carbonyl (C=O) groups is 2. The van der Waals surface area contributed by atoms with Crippen molar-refractivity contribution in [1.82, 2.24) is 0 Å². The highest BCUT2D eigenvalue weighted by atomic mass is 16.2. The molecule has 1 saturated heterocycles. The molecule has 3 fully saturated rings. The second-order valence-electron chi connectivity index (χ2n) is 10.6. The Hall–Kier alpha value is -3.14. The Bertz CT molecular complexity index is 1190. The summed E-state index contributed by atoms with van der Waals surface area (Å²) >= 11 is 0. The molecule has 6 atom stereocenters. The van der Waals surface area contributed by atoms with Crippen molar-refractivity contribution >= 4 is 29.3 Å². The van der Waals surface area contributed by atoms with E-state index in [1.54, 1.807) is 11.1 Å². The van der Waals surface area contributed by atoms with Gasteiger partial charge in [0, 0.05) is 31.6 Å². The maximum absolute atomic E-state index is 13.7. The Kier molecular flexibility index (Phi) is 3.92. The lowest BCUT2D eigenvalue weighted by atomic mass is 9.72. The first-order chi connectivity index (χ1) is 16.0. The van der Waals surface area contributed by atoms with Gasteiger partial charge in [-0.15, -0.1) is 0 Å². The van der Waals surface area contributed by atoms with Crippen LogP contribution in [0.5, 0.6) is 0 Å². The summed E-state index contributed by atoms with van der Waals surface area (Å²) in [6.07, 6.45) is 6.05.